The third-order valence-electron chi connectivity index (χ3n) is 5.40. The summed E-state index contributed by atoms with van der Waals surface area (Å²) in [4.78, 5) is 12.7. The predicted octanol–water partition coefficient (Wildman–Crippen LogP) is 4.83. The summed E-state index contributed by atoms with van der Waals surface area (Å²) in [5.74, 6) is 0.694. The zero-order chi connectivity index (χ0) is 18.7. The molecule has 138 valence electrons. The van der Waals surface area contributed by atoms with Crippen molar-refractivity contribution in [1.82, 2.24) is 5.32 Å². The monoisotopic (exact) mass is 351 g/mol. The molecule has 2 aromatic rings. The first kappa shape index (κ1) is 18.5. The summed E-state index contributed by atoms with van der Waals surface area (Å²) < 4.78 is 5.96. The third kappa shape index (κ3) is 4.09. The van der Waals surface area contributed by atoms with Gasteiger partial charge in [-0.25, -0.2) is 0 Å². The maximum atomic E-state index is 12.7. The molecule has 0 heterocycles. The number of nitrogens with one attached hydrogen (secondary N) is 1. The van der Waals surface area contributed by atoms with E-state index in [-0.39, 0.29) is 11.9 Å². The van der Waals surface area contributed by atoms with Gasteiger partial charge in [0, 0.05) is 0 Å². The van der Waals surface area contributed by atoms with E-state index in [0.717, 1.165) is 12.2 Å². The van der Waals surface area contributed by atoms with Crippen molar-refractivity contribution in [2.24, 2.45) is 0 Å². The first-order chi connectivity index (χ1) is 12.5. The second kappa shape index (κ2) is 7.94. The Hall–Kier alpha value is -2.29. The molecule has 3 rings (SSSR count). The smallest absolute Gasteiger partial charge is 0.261 e. The van der Waals surface area contributed by atoms with Gasteiger partial charge in [-0.05, 0) is 86.4 Å². The standard InChI is InChI=1S/C23H29NO2/c1-5-22(26-21-12-9-15(2)16(3)13-21)23(25)24-17(4)19-11-10-18-7-6-8-20(18)14-19/h9-14,17,22H,5-8H2,1-4H3,(H,24,25)/t17-,22+/m1/s1. The number of carbonyl (C=O) groups is 1. The van der Waals surface area contributed by atoms with Gasteiger partial charge >= 0.3 is 0 Å². The molecule has 2 atom stereocenters. The van der Waals surface area contributed by atoms with Gasteiger partial charge in [0.05, 0.1) is 6.04 Å². The Bertz CT molecular complexity index is 797. The Labute approximate surface area is 156 Å². The number of hydrogen-bond acceptors (Lipinski definition) is 2. The molecule has 2 aromatic carbocycles. The zero-order valence-electron chi connectivity index (χ0n) is 16.3. The summed E-state index contributed by atoms with van der Waals surface area (Å²) in [6, 6.07) is 12.5. The summed E-state index contributed by atoms with van der Waals surface area (Å²) in [7, 11) is 0. The maximum absolute atomic E-state index is 12.7. The number of hydrogen-bond donors (Lipinski definition) is 1. The van der Waals surface area contributed by atoms with E-state index >= 15 is 0 Å². The Balaban J connectivity index is 1.65. The average Bonchev–Trinajstić information content (AvgIpc) is 3.10. The molecule has 0 aromatic heterocycles. The fraction of sp³-hybridized carbons (Fsp3) is 0.435. The minimum atomic E-state index is -0.478. The molecular formula is C23H29NO2. The Morgan fingerprint density at radius 3 is 2.58 bits per heavy atom. The molecule has 0 bridgehead atoms. The highest BCUT2D eigenvalue weighted by molar-refractivity contribution is 5.81. The van der Waals surface area contributed by atoms with Crippen LogP contribution in [0.2, 0.25) is 0 Å². The third-order valence-corrected chi connectivity index (χ3v) is 5.40. The van der Waals surface area contributed by atoms with Gasteiger partial charge in [0.2, 0.25) is 0 Å². The van der Waals surface area contributed by atoms with Crippen molar-refractivity contribution >= 4 is 5.91 Å². The van der Waals surface area contributed by atoms with Crippen molar-refractivity contribution in [2.45, 2.75) is 65.5 Å². The van der Waals surface area contributed by atoms with Crippen molar-refractivity contribution in [3.05, 3.63) is 64.2 Å². The summed E-state index contributed by atoms with van der Waals surface area (Å²) in [5, 5.41) is 3.12. The highest BCUT2D eigenvalue weighted by Crippen LogP contribution is 2.25. The van der Waals surface area contributed by atoms with Crippen LogP contribution in [0.1, 0.15) is 60.5 Å². The van der Waals surface area contributed by atoms with Crippen LogP contribution in [0.3, 0.4) is 0 Å². The van der Waals surface area contributed by atoms with E-state index in [1.807, 2.05) is 32.0 Å². The summed E-state index contributed by atoms with van der Waals surface area (Å²) in [6.07, 6.45) is 3.72. The fourth-order valence-electron chi connectivity index (χ4n) is 3.52. The van der Waals surface area contributed by atoms with Crippen molar-refractivity contribution in [2.75, 3.05) is 0 Å². The molecule has 1 amide bonds. The van der Waals surface area contributed by atoms with Gasteiger partial charge in [0.1, 0.15) is 5.75 Å². The Morgan fingerprint density at radius 1 is 1.08 bits per heavy atom. The number of rotatable bonds is 6. The lowest BCUT2D eigenvalue weighted by atomic mass is 10.0. The zero-order valence-corrected chi connectivity index (χ0v) is 16.3. The van der Waals surface area contributed by atoms with E-state index in [1.165, 1.54) is 40.7 Å². The molecular weight excluding hydrogens is 322 g/mol. The molecule has 0 aliphatic heterocycles. The normalized spacial score (nSPS) is 15.2. The molecule has 0 fully saturated rings. The van der Waals surface area contributed by atoms with Gasteiger partial charge < -0.3 is 10.1 Å². The van der Waals surface area contributed by atoms with Crippen molar-refractivity contribution in [3.63, 3.8) is 0 Å². The minimum Gasteiger partial charge on any atom is -0.481 e. The lowest BCUT2D eigenvalue weighted by molar-refractivity contribution is -0.128. The van der Waals surface area contributed by atoms with E-state index in [2.05, 4.69) is 37.4 Å². The van der Waals surface area contributed by atoms with Crippen molar-refractivity contribution in [1.29, 1.82) is 0 Å². The largest absolute Gasteiger partial charge is 0.481 e. The number of fused-ring (bicyclic) bond motifs is 1. The van der Waals surface area contributed by atoms with Crippen LogP contribution < -0.4 is 10.1 Å². The quantitative estimate of drug-likeness (QED) is 0.810. The van der Waals surface area contributed by atoms with Crippen LogP contribution in [0.25, 0.3) is 0 Å². The van der Waals surface area contributed by atoms with Gasteiger partial charge in [0.15, 0.2) is 6.10 Å². The number of benzene rings is 2. The molecule has 1 aliphatic rings. The molecule has 26 heavy (non-hydrogen) atoms. The molecule has 0 saturated carbocycles. The molecule has 0 spiro atoms. The van der Waals surface area contributed by atoms with E-state index in [1.54, 1.807) is 0 Å². The number of aryl methyl sites for hydroxylation is 4. The SMILES string of the molecule is CC[C@H](Oc1ccc(C)c(C)c1)C(=O)N[C@H](C)c1ccc2c(c1)CCC2. The second-order valence-corrected chi connectivity index (χ2v) is 7.37. The van der Waals surface area contributed by atoms with E-state index in [9.17, 15) is 4.79 Å². The van der Waals surface area contributed by atoms with Gasteiger partial charge in [-0.1, -0.05) is 31.2 Å². The van der Waals surface area contributed by atoms with Crippen LogP contribution in [0, 0.1) is 13.8 Å². The van der Waals surface area contributed by atoms with Gasteiger partial charge in [-0.3, -0.25) is 4.79 Å². The topological polar surface area (TPSA) is 38.3 Å². The van der Waals surface area contributed by atoms with Crippen molar-refractivity contribution < 1.29 is 9.53 Å². The molecule has 1 N–H and O–H groups in total. The van der Waals surface area contributed by atoms with E-state index in [0.29, 0.717) is 6.42 Å². The Kier molecular flexibility index (Phi) is 5.65. The average molecular weight is 351 g/mol. The van der Waals surface area contributed by atoms with Crippen LogP contribution in [0.5, 0.6) is 5.75 Å². The minimum absolute atomic E-state index is 0.0224. The summed E-state index contributed by atoms with van der Waals surface area (Å²) in [5.41, 5.74) is 6.45. The molecule has 0 unspecified atom stereocenters. The van der Waals surface area contributed by atoms with Gasteiger partial charge in [-0.2, -0.15) is 0 Å². The highest BCUT2D eigenvalue weighted by atomic mass is 16.5. The fourth-order valence-corrected chi connectivity index (χ4v) is 3.52. The van der Waals surface area contributed by atoms with Crippen LogP contribution >= 0.6 is 0 Å². The molecule has 1 aliphatic carbocycles. The first-order valence-electron chi connectivity index (χ1n) is 9.64. The second-order valence-electron chi connectivity index (χ2n) is 7.37. The summed E-state index contributed by atoms with van der Waals surface area (Å²) in [6.45, 7) is 8.14. The van der Waals surface area contributed by atoms with Crippen molar-refractivity contribution in [3.8, 4) is 5.75 Å². The maximum Gasteiger partial charge on any atom is 0.261 e. The predicted molar refractivity (Wildman–Crippen MR) is 106 cm³/mol. The number of carbonyl (C=O) groups excluding carboxylic acids is 1. The van der Waals surface area contributed by atoms with Crippen LogP contribution in [-0.4, -0.2) is 12.0 Å². The van der Waals surface area contributed by atoms with Gasteiger partial charge in [-0.15, -0.1) is 0 Å². The molecule has 0 radical (unpaired) electrons. The first-order valence-corrected chi connectivity index (χ1v) is 9.64. The van der Waals surface area contributed by atoms with E-state index < -0.39 is 6.10 Å². The van der Waals surface area contributed by atoms with Crippen LogP contribution in [0.4, 0.5) is 0 Å². The van der Waals surface area contributed by atoms with Gasteiger partial charge in [0.25, 0.3) is 5.91 Å². The number of amides is 1. The lowest BCUT2D eigenvalue weighted by Crippen LogP contribution is -2.39. The molecule has 3 nitrogen and oxygen atoms in total. The highest BCUT2D eigenvalue weighted by Gasteiger charge is 2.21. The van der Waals surface area contributed by atoms with Crippen LogP contribution in [-0.2, 0) is 17.6 Å². The lowest BCUT2D eigenvalue weighted by Gasteiger charge is -2.21. The number of ether oxygens (including phenoxy) is 1. The van der Waals surface area contributed by atoms with Crippen LogP contribution in [0.15, 0.2) is 36.4 Å². The Morgan fingerprint density at radius 2 is 1.85 bits per heavy atom. The molecule has 3 heteroatoms. The molecule has 0 saturated heterocycles. The summed E-state index contributed by atoms with van der Waals surface area (Å²) >= 11 is 0. The van der Waals surface area contributed by atoms with E-state index in [4.69, 9.17) is 4.74 Å².